The molecule has 0 amide bonds. The molecule has 4 heteroatoms. The third kappa shape index (κ3) is 2.71. The second kappa shape index (κ2) is 5.65. The van der Waals surface area contributed by atoms with Gasteiger partial charge in [-0.25, -0.2) is 0 Å². The summed E-state index contributed by atoms with van der Waals surface area (Å²) in [5.74, 6) is 0.469. The largest absolute Gasteiger partial charge is 0.378 e. The number of Topliss-reactive ketones (excluding diaryl/α,β-unsaturated/α-hetero) is 1. The van der Waals surface area contributed by atoms with Gasteiger partial charge in [-0.15, -0.1) is 11.8 Å². The van der Waals surface area contributed by atoms with Crippen LogP contribution in [0.4, 0.5) is 0 Å². The van der Waals surface area contributed by atoms with Crippen molar-refractivity contribution in [3.8, 4) is 0 Å². The van der Waals surface area contributed by atoms with Crippen LogP contribution in [0.1, 0.15) is 16.8 Å². The number of hydrogen-bond donors (Lipinski definition) is 0. The topological polar surface area (TPSA) is 29.5 Å². The molecule has 1 atom stereocenters. The molecule has 0 bridgehead atoms. The van der Waals surface area contributed by atoms with Crippen molar-refractivity contribution < 1.29 is 9.53 Å². The van der Waals surface area contributed by atoms with E-state index in [9.17, 15) is 4.79 Å². The molecule has 2 heterocycles. The van der Waals surface area contributed by atoms with Crippen molar-refractivity contribution in [1.82, 2.24) is 4.90 Å². The van der Waals surface area contributed by atoms with Crippen molar-refractivity contribution in [2.24, 2.45) is 5.92 Å². The SMILES string of the molecule is CSc1ccc(C(=O)C2CCN(C3COC3)C2)cc1. The Morgan fingerprint density at radius 2 is 2.05 bits per heavy atom. The molecule has 0 spiro atoms. The Bertz CT molecular complexity index is 456. The molecule has 0 N–H and O–H groups in total. The van der Waals surface area contributed by atoms with E-state index >= 15 is 0 Å². The highest BCUT2D eigenvalue weighted by Gasteiger charge is 2.35. The van der Waals surface area contributed by atoms with E-state index in [1.165, 1.54) is 4.90 Å². The normalized spacial score (nSPS) is 24.4. The molecular weight excluding hydrogens is 258 g/mol. The minimum atomic E-state index is 0.167. The van der Waals surface area contributed by atoms with Crippen LogP contribution < -0.4 is 0 Å². The molecule has 3 nitrogen and oxygen atoms in total. The molecule has 0 radical (unpaired) electrons. The van der Waals surface area contributed by atoms with Crippen molar-refractivity contribution in [3.05, 3.63) is 29.8 Å². The maximum Gasteiger partial charge on any atom is 0.167 e. The molecule has 0 aliphatic carbocycles. The van der Waals surface area contributed by atoms with Crippen molar-refractivity contribution in [1.29, 1.82) is 0 Å². The van der Waals surface area contributed by atoms with Crippen LogP contribution in [0, 0.1) is 5.92 Å². The Balaban J connectivity index is 1.63. The predicted octanol–water partition coefficient (Wildman–Crippen LogP) is 2.31. The summed E-state index contributed by atoms with van der Waals surface area (Å²) in [5, 5.41) is 0. The van der Waals surface area contributed by atoms with Gasteiger partial charge in [0.15, 0.2) is 5.78 Å². The quantitative estimate of drug-likeness (QED) is 0.624. The van der Waals surface area contributed by atoms with Crippen LogP contribution in [-0.2, 0) is 4.74 Å². The van der Waals surface area contributed by atoms with Crippen molar-refractivity contribution in [2.75, 3.05) is 32.6 Å². The molecule has 2 aliphatic heterocycles. The van der Waals surface area contributed by atoms with E-state index in [0.717, 1.165) is 38.3 Å². The van der Waals surface area contributed by atoms with Gasteiger partial charge in [0.1, 0.15) is 0 Å². The number of carbonyl (C=O) groups is 1. The van der Waals surface area contributed by atoms with Gasteiger partial charge in [-0.05, 0) is 31.4 Å². The van der Waals surface area contributed by atoms with Crippen molar-refractivity contribution in [2.45, 2.75) is 17.4 Å². The minimum Gasteiger partial charge on any atom is -0.378 e. The highest BCUT2D eigenvalue weighted by atomic mass is 32.2. The highest BCUT2D eigenvalue weighted by Crippen LogP contribution is 2.25. The minimum absolute atomic E-state index is 0.167. The molecule has 0 aromatic heterocycles. The molecular formula is C15H19NO2S. The summed E-state index contributed by atoms with van der Waals surface area (Å²) in [6.07, 6.45) is 3.03. The number of carbonyl (C=O) groups excluding carboxylic acids is 1. The molecule has 2 aliphatic rings. The second-order valence-corrected chi connectivity index (χ2v) is 6.14. The Morgan fingerprint density at radius 1 is 1.32 bits per heavy atom. The van der Waals surface area contributed by atoms with Crippen LogP contribution in [0.3, 0.4) is 0 Å². The number of hydrogen-bond acceptors (Lipinski definition) is 4. The van der Waals surface area contributed by atoms with Gasteiger partial charge in [0.05, 0.1) is 19.3 Å². The maximum absolute atomic E-state index is 12.5. The summed E-state index contributed by atoms with van der Waals surface area (Å²) in [7, 11) is 0. The first-order valence-electron chi connectivity index (χ1n) is 6.78. The van der Waals surface area contributed by atoms with Gasteiger partial charge in [0.2, 0.25) is 0 Å². The fourth-order valence-corrected chi connectivity index (χ4v) is 3.17. The van der Waals surface area contributed by atoms with E-state index in [4.69, 9.17) is 4.74 Å². The number of rotatable bonds is 4. The van der Waals surface area contributed by atoms with Gasteiger partial charge in [0, 0.05) is 22.9 Å². The van der Waals surface area contributed by atoms with E-state index in [0.29, 0.717) is 11.8 Å². The first-order valence-corrected chi connectivity index (χ1v) is 8.00. The molecule has 1 unspecified atom stereocenters. The van der Waals surface area contributed by atoms with E-state index in [-0.39, 0.29) is 5.92 Å². The Labute approximate surface area is 118 Å². The number of benzene rings is 1. The fourth-order valence-electron chi connectivity index (χ4n) is 2.76. The van der Waals surface area contributed by atoms with E-state index in [2.05, 4.69) is 4.90 Å². The van der Waals surface area contributed by atoms with Crippen molar-refractivity contribution >= 4 is 17.5 Å². The van der Waals surface area contributed by atoms with Gasteiger partial charge in [-0.2, -0.15) is 0 Å². The molecule has 1 aromatic rings. The summed E-state index contributed by atoms with van der Waals surface area (Å²) < 4.78 is 5.22. The molecule has 19 heavy (non-hydrogen) atoms. The van der Waals surface area contributed by atoms with E-state index in [1.807, 2.05) is 30.5 Å². The summed E-state index contributed by atoms with van der Waals surface area (Å²) in [6, 6.07) is 8.54. The average molecular weight is 277 g/mol. The summed E-state index contributed by atoms with van der Waals surface area (Å²) in [4.78, 5) is 16.1. The summed E-state index contributed by atoms with van der Waals surface area (Å²) >= 11 is 1.70. The third-order valence-corrected chi connectivity index (χ3v) is 4.85. The van der Waals surface area contributed by atoms with Crippen LogP contribution in [0.25, 0.3) is 0 Å². The first-order chi connectivity index (χ1) is 9.28. The lowest BCUT2D eigenvalue weighted by Gasteiger charge is -2.34. The maximum atomic E-state index is 12.5. The second-order valence-electron chi connectivity index (χ2n) is 5.26. The lowest BCUT2D eigenvalue weighted by atomic mass is 9.97. The zero-order valence-electron chi connectivity index (χ0n) is 11.2. The average Bonchev–Trinajstić information content (AvgIpc) is 2.85. The number of ether oxygens (including phenoxy) is 1. The zero-order valence-corrected chi connectivity index (χ0v) is 12.0. The van der Waals surface area contributed by atoms with Gasteiger partial charge in [0.25, 0.3) is 0 Å². The van der Waals surface area contributed by atoms with Gasteiger partial charge < -0.3 is 4.74 Å². The fraction of sp³-hybridized carbons (Fsp3) is 0.533. The predicted molar refractivity (Wildman–Crippen MR) is 76.8 cm³/mol. The van der Waals surface area contributed by atoms with E-state index in [1.54, 1.807) is 11.8 Å². The molecule has 2 saturated heterocycles. The number of ketones is 1. The first kappa shape index (κ1) is 13.2. The Kier molecular flexibility index (Phi) is 3.91. The van der Waals surface area contributed by atoms with Crippen LogP contribution in [0.5, 0.6) is 0 Å². The molecule has 102 valence electrons. The zero-order chi connectivity index (χ0) is 13.2. The molecule has 1 aromatic carbocycles. The number of nitrogens with zero attached hydrogens (tertiary/aromatic N) is 1. The van der Waals surface area contributed by atoms with Crippen molar-refractivity contribution in [3.63, 3.8) is 0 Å². The Morgan fingerprint density at radius 3 is 2.63 bits per heavy atom. The molecule has 2 fully saturated rings. The van der Waals surface area contributed by atoms with Crippen LogP contribution >= 0.6 is 11.8 Å². The lowest BCUT2D eigenvalue weighted by Crippen LogP contribution is -2.48. The lowest BCUT2D eigenvalue weighted by molar-refractivity contribution is -0.0577. The number of likely N-dealkylation sites (tertiary alicyclic amines) is 1. The van der Waals surface area contributed by atoms with Gasteiger partial charge in [-0.3, -0.25) is 9.69 Å². The van der Waals surface area contributed by atoms with Gasteiger partial charge >= 0.3 is 0 Å². The van der Waals surface area contributed by atoms with Crippen LogP contribution in [-0.4, -0.2) is 49.3 Å². The monoisotopic (exact) mass is 277 g/mol. The summed E-state index contributed by atoms with van der Waals surface area (Å²) in [6.45, 7) is 3.61. The third-order valence-electron chi connectivity index (χ3n) is 4.10. The highest BCUT2D eigenvalue weighted by molar-refractivity contribution is 7.98. The van der Waals surface area contributed by atoms with Crippen LogP contribution in [0.2, 0.25) is 0 Å². The Hall–Kier alpha value is -0.840. The molecule has 3 rings (SSSR count). The smallest absolute Gasteiger partial charge is 0.167 e. The standard InChI is InChI=1S/C15H19NO2S/c1-19-14-4-2-11(3-5-14)15(17)12-6-7-16(8-12)13-9-18-10-13/h2-5,12-13H,6-10H2,1H3. The number of thioether (sulfide) groups is 1. The van der Waals surface area contributed by atoms with Crippen LogP contribution in [0.15, 0.2) is 29.2 Å². The van der Waals surface area contributed by atoms with E-state index < -0.39 is 0 Å². The van der Waals surface area contributed by atoms with Gasteiger partial charge in [-0.1, -0.05) is 12.1 Å². The summed E-state index contributed by atoms with van der Waals surface area (Å²) in [5.41, 5.74) is 0.856. The molecule has 0 saturated carbocycles.